The van der Waals surface area contributed by atoms with Crippen LogP contribution in [0.15, 0.2) is 0 Å². The number of carbonyl (C=O) groups is 1. The summed E-state index contributed by atoms with van der Waals surface area (Å²) in [5.41, 5.74) is 0. The Morgan fingerprint density at radius 3 is 2.67 bits per heavy atom. The Labute approximate surface area is 60.3 Å². The molecule has 0 heterocycles. The Morgan fingerprint density at radius 2 is 2.33 bits per heavy atom. The molecule has 1 N–H and O–H groups in total. The maximum absolute atomic E-state index is 10.3. The number of nitrogens with one attached hydrogen (secondary N) is 1. The Balaban J connectivity index is 3.17. The number of thiol groups is 1. The smallest absolute Gasteiger partial charge is 0.417 e. The number of rotatable bonds is 2. The molecule has 54 valence electrons. The largest absolute Gasteiger partial charge is 0.449 e. The van der Waals surface area contributed by atoms with E-state index in [1.54, 1.807) is 0 Å². The molecule has 0 spiro atoms. The van der Waals surface area contributed by atoms with Crippen molar-refractivity contribution in [1.29, 1.82) is 0 Å². The zero-order valence-corrected chi connectivity index (χ0v) is 6.44. The maximum Gasteiger partial charge on any atom is 0.417 e. The molecule has 0 aliphatic carbocycles. The second-order valence-electron chi connectivity index (χ2n) is 2.10. The average molecular weight is 149 g/mol. The summed E-state index contributed by atoms with van der Waals surface area (Å²) in [6, 6.07) is 0. The molecule has 0 aliphatic heterocycles. The molecule has 0 saturated carbocycles. The molecule has 0 rings (SSSR count). The fourth-order valence-corrected chi connectivity index (χ4v) is 0.339. The van der Waals surface area contributed by atoms with Crippen molar-refractivity contribution in [3.05, 3.63) is 0 Å². The van der Waals surface area contributed by atoms with E-state index in [-0.39, 0.29) is 0 Å². The number of ether oxygens (including phenoxy) is 1. The summed E-state index contributed by atoms with van der Waals surface area (Å²) < 4.78 is 6.68. The van der Waals surface area contributed by atoms with E-state index in [4.69, 9.17) is 0 Å². The van der Waals surface area contributed by atoms with E-state index in [1.165, 1.54) is 0 Å². The van der Waals surface area contributed by atoms with Crippen LogP contribution in [0.1, 0.15) is 13.8 Å². The second kappa shape index (κ2) is 4.49. The van der Waals surface area contributed by atoms with Gasteiger partial charge in [-0.1, -0.05) is 26.7 Å². The predicted molar refractivity (Wildman–Crippen MR) is 38.3 cm³/mol. The van der Waals surface area contributed by atoms with Crippen LogP contribution in [0.4, 0.5) is 4.79 Å². The third-order valence-electron chi connectivity index (χ3n) is 0.639. The van der Waals surface area contributed by atoms with E-state index < -0.39 is 6.09 Å². The lowest BCUT2D eigenvalue weighted by Gasteiger charge is -2.04. The van der Waals surface area contributed by atoms with Gasteiger partial charge in [-0.2, -0.15) is 0 Å². The SMILES string of the molecule is CC(C)COC(=O)NS. The topological polar surface area (TPSA) is 38.3 Å². The summed E-state index contributed by atoms with van der Waals surface area (Å²) >= 11 is 3.49. The molecule has 9 heavy (non-hydrogen) atoms. The molecule has 3 nitrogen and oxygen atoms in total. The quantitative estimate of drug-likeness (QED) is 0.579. The summed E-state index contributed by atoms with van der Waals surface area (Å²) in [7, 11) is 0. The van der Waals surface area contributed by atoms with Gasteiger partial charge in [-0.15, -0.1) is 0 Å². The highest BCUT2D eigenvalue weighted by atomic mass is 32.1. The van der Waals surface area contributed by atoms with E-state index >= 15 is 0 Å². The van der Waals surface area contributed by atoms with Gasteiger partial charge in [0.1, 0.15) is 0 Å². The van der Waals surface area contributed by atoms with Crippen molar-refractivity contribution in [3.8, 4) is 0 Å². The first-order valence-electron chi connectivity index (χ1n) is 2.73. The van der Waals surface area contributed by atoms with E-state index in [9.17, 15) is 4.79 Å². The molecule has 0 saturated heterocycles. The monoisotopic (exact) mass is 149 g/mol. The van der Waals surface area contributed by atoms with Gasteiger partial charge in [0.05, 0.1) is 6.61 Å². The third-order valence-corrected chi connectivity index (χ3v) is 0.822. The maximum atomic E-state index is 10.3. The van der Waals surface area contributed by atoms with Crippen LogP contribution in [0, 0.1) is 5.92 Å². The summed E-state index contributed by atoms with van der Waals surface area (Å²) in [6.45, 7) is 4.37. The third kappa shape index (κ3) is 5.49. The summed E-state index contributed by atoms with van der Waals surface area (Å²) in [5.74, 6) is 0.371. The molecule has 0 radical (unpaired) electrons. The Kier molecular flexibility index (Phi) is 4.30. The van der Waals surface area contributed by atoms with Crippen molar-refractivity contribution in [3.63, 3.8) is 0 Å². The van der Waals surface area contributed by atoms with Gasteiger partial charge in [0.15, 0.2) is 0 Å². The standard InChI is InChI=1S/C5H11NO2S/c1-4(2)3-8-5(7)6-9/h4,9H,3H2,1-2H3,(H,6,7). The van der Waals surface area contributed by atoms with Crippen LogP contribution >= 0.6 is 12.8 Å². The van der Waals surface area contributed by atoms with Crippen molar-refractivity contribution in [2.45, 2.75) is 13.8 Å². The minimum atomic E-state index is -0.493. The molecule has 1 amide bonds. The summed E-state index contributed by atoms with van der Waals surface area (Å²) in [5, 5.41) is 0. The zero-order valence-electron chi connectivity index (χ0n) is 5.55. The van der Waals surface area contributed by atoms with Gasteiger partial charge in [0.2, 0.25) is 0 Å². The highest BCUT2D eigenvalue weighted by molar-refractivity contribution is 7.78. The lowest BCUT2D eigenvalue weighted by atomic mass is 10.2. The molecular weight excluding hydrogens is 138 g/mol. The molecule has 0 unspecified atom stereocenters. The first kappa shape index (κ1) is 8.62. The fourth-order valence-electron chi connectivity index (χ4n) is 0.275. The van der Waals surface area contributed by atoms with Crippen LogP contribution in [-0.4, -0.2) is 12.7 Å². The van der Waals surface area contributed by atoms with Gasteiger partial charge in [-0.05, 0) is 5.92 Å². The van der Waals surface area contributed by atoms with Gasteiger partial charge < -0.3 is 4.74 Å². The minimum Gasteiger partial charge on any atom is -0.449 e. The van der Waals surface area contributed by atoms with Gasteiger partial charge in [0.25, 0.3) is 0 Å². The molecule has 0 aromatic heterocycles. The highest BCUT2D eigenvalue weighted by Gasteiger charge is 1.98. The lowest BCUT2D eigenvalue weighted by Crippen LogP contribution is -2.17. The van der Waals surface area contributed by atoms with Gasteiger partial charge in [-0.3, -0.25) is 4.72 Å². The van der Waals surface area contributed by atoms with Crippen molar-refractivity contribution in [1.82, 2.24) is 4.72 Å². The predicted octanol–water partition coefficient (Wildman–Crippen LogP) is 1.21. The molecule has 0 aliphatic rings. The Bertz CT molecular complexity index is 95.0. The van der Waals surface area contributed by atoms with Gasteiger partial charge >= 0.3 is 6.09 Å². The first-order valence-corrected chi connectivity index (χ1v) is 3.18. The van der Waals surface area contributed by atoms with Crippen LogP contribution in [-0.2, 0) is 4.74 Å². The normalized spacial score (nSPS) is 9.33. The van der Waals surface area contributed by atoms with Gasteiger partial charge in [0, 0.05) is 0 Å². The molecule has 0 aromatic carbocycles. The Hall–Kier alpha value is -0.380. The highest BCUT2D eigenvalue weighted by Crippen LogP contribution is 1.92. The van der Waals surface area contributed by atoms with Crippen LogP contribution in [0.25, 0.3) is 0 Å². The van der Waals surface area contributed by atoms with E-state index in [2.05, 4.69) is 22.3 Å². The van der Waals surface area contributed by atoms with Crippen LogP contribution in [0.3, 0.4) is 0 Å². The zero-order chi connectivity index (χ0) is 7.28. The summed E-state index contributed by atoms with van der Waals surface area (Å²) in [4.78, 5) is 10.3. The molecule has 0 atom stereocenters. The van der Waals surface area contributed by atoms with Crippen molar-refractivity contribution in [2.24, 2.45) is 5.92 Å². The number of carbonyl (C=O) groups excluding carboxylic acids is 1. The first-order chi connectivity index (χ1) is 4.16. The van der Waals surface area contributed by atoms with E-state index in [0.29, 0.717) is 12.5 Å². The summed E-state index contributed by atoms with van der Waals surface area (Å²) in [6.07, 6.45) is -0.493. The van der Waals surface area contributed by atoms with E-state index in [1.807, 2.05) is 13.8 Å². The fraction of sp³-hybridized carbons (Fsp3) is 0.800. The van der Waals surface area contributed by atoms with Crippen molar-refractivity contribution >= 4 is 18.9 Å². The molecule has 4 heteroatoms. The van der Waals surface area contributed by atoms with Crippen LogP contribution < -0.4 is 4.72 Å². The molecule has 0 fully saturated rings. The number of hydrogen-bond donors (Lipinski definition) is 2. The van der Waals surface area contributed by atoms with Crippen LogP contribution in [0.5, 0.6) is 0 Å². The molecule has 0 aromatic rings. The van der Waals surface area contributed by atoms with Crippen molar-refractivity contribution in [2.75, 3.05) is 6.61 Å². The number of amides is 1. The average Bonchev–Trinajstić information content (AvgIpc) is 1.83. The molecule has 0 bridgehead atoms. The van der Waals surface area contributed by atoms with Crippen molar-refractivity contribution < 1.29 is 9.53 Å². The number of hydrogen-bond acceptors (Lipinski definition) is 3. The minimum absolute atomic E-state index is 0.371. The van der Waals surface area contributed by atoms with Crippen LogP contribution in [0.2, 0.25) is 0 Å². The van der Waals surface area contributed by atoms with E-state index in [0.717, 1.165) is 0 Å². The lowest BCUT2D eigenvalue weighted by molar-refractivity contribution is 0.140. The molecular formula is C5H11NO2S. The second-order valence-corrected chi connectivity index (χ2v) is 2.33. The van der Waals surface area contributed by atoms with Gasteiger partial charge in [-0.25, -0.2) is 4.79 Å². The Morgan fingerprint density at radius 1 is 1.78 bits per heavy atom.